The Morgan fingerprint density at radius 2 is 1.90 bits per heavy atom. The number of anilines is 1. The fourth-order valence-electron chi connectivity index (χ4n) is 2.14. The maximum atomic E-state index is 11.2. The van der Waals surface area contributed by atoms with Gasteiger partial charge in [-0.2, -0.15) is 0 Å². The van der Waals surface area contributed by atoms with Gasteiger partial charge in [0.1, 0.15) is 5.82 Å². The Morgan fingerprint density at radius 3 is 2.52 bits per heavy atom. The lowest BCUT2D eigenvalue weighted by Gasteiger charge is -2.11. The summed E-state index contributed by atoms with van der Waals surface area (Å²) in [7, 11) is 3.94. The third-order valence-corrected chi connectivity index (χ3v) is 3.28. The second-order valence-electron chi connectivity index (χ2n) is 4.89. The number of carbonyl (C=O) groups is 1. The van der Waals surface area contributed by atoms with Gasteiger partial charge in [0.15, 0.2) is 5.65 Å². The molecule has 6 heteroatoms. The van der Waals surface area contributed by atoms with E-state index in [9.17, 15) is 9.90 Å². The van der Waals surface area contributed by atoms with Crippen molar-refractivity contribution in [2.45, 2.75) is 0 Å². The van der Waals surface area contributed by atoms with E-state index in [-0.39, 0.29) is 5.56 Å². The number of rotatable bonds is 3. The molecule has 106 valence electrons. The standard InChI is InChI=1S/C15H14N4O2/c1-19(2)10-5-3-9(4-6-10)13-17-12-11(15(20)21)7-8-16-14(12)18-13/h3-8H,1-2H3,(H,20,21)(H,16,17,18). The van der Waals surface area contributed by atoms with Crippen molar-refractivity contribution >= 4 is 22.8 Å². The maximum Gasteiger partial charge on any atom is 0.338 e. The molecule has 0 bridgehead atoms. The topological polar surface area (TPSA) is 82.1 Å². The lowest BCUT2D eigenvalue weighted by Crippen LogP contribution is -2.07. The molecule has 0 saturated carbocycles. The molecule has 3 rings (SSSR count). The van der Waals surface area contributed by atoms with Gasteiger partial charge >= 0.3 is 5.97 Å². The van der Waals surface area contributed by atoms with Gasteiger partial charge in [0.25, 0.3) is 0 Å². The molecular weight excluding hydrogens is 268 g/mol. The zero-order valence-corrected chi connectivity index (χ0v) is 11.7. The summed E-state index contributed by atoms with van der Waals surface area (Å²) in [6.45, 7) is 0. The van der Waals surface area contributed by atoms with Crippen LogP contribution in [0.5, 0.6) is 0 Å². The maximum absolute atomic E-state index is 11.2. The van der Waals surface area contributed by atoms with Crippen LogP contribution in [0.25, 0.3) is 22.6 Å². The van der Waals surface area contributed by atoms with E-state index >= 15 is 0 Å². The first-order valence-electron chi connectivity index (χ1n) is 6.42. The first kappa shape index (κ1) is 13.1. The molecule has 21 heavy (non-hydrogen) atoms. The van der Waals surface area contributed by atoms with Gasteiger partial charge in [-0.25, -0.2) is 14.8 Å². The molecule has 0 aliphatic rings. The van der Waals surface area contributed by atoms with Gasteiger partial charge in [0.05, 0.1) is 11.1 Å². The van der Waals surface area contributed by atoms with Gasteiger partial charge in [-0.15, -0.1) is 0 Å². The van der Waals surface area contributed by atoms with Crippen molar-refractivity contribution in [3.8, 4) is 11.4 Å². The summed E-state index contributed by atoms with van der Waals surface area (Å²) in [6, 6.07) is 9.30. The van der Waals surface area contributed by atoms with Crippen LogP contribution in [0.15, 0.2) is 36.5 Å². The fraction of sp³-hybridized carbons (Fsp3) is 0.133. The molecule has 2 aromatic heterocycles. The number of carboxylic acids is 1. The number of pyridine rings is 1. The van der Waals surface area contributed by atoms with E-state index in [4.69, 9.17) is 0 Å². The number of H-pyrrole nitrogens is 1. The molecule has 6 nitrogen and oxygen atoms in total. The molecule has 0 radical (unpaired) electrons. The number of nitrogens with zero attached hydrogens (tertiary/aromatic N) is 3. The fourth-order valence-corrected chi connectivity index (χ4v) is 2.14. The molecule has 0 atom stereocenters. The van der Waals surface area contributed by atoms with Gasteiger partial charge in [-0.3, -0.25) is 0 Å². The van der Waals surface area contributed by atoms with Crippen molar-refractivity contribution < 1.29 is 9.90 Å². The van der Waals surface area contributed by atoms with Crippen molar-refractivity contribution in [1.82, 2.24) is 15.0 Å². The normalized spacial score (nSPS) is 10.8. The molecule has 2 heterocycles. The molecule has 0 saturated heterocycles. The van der Waals surface area contributed by atoms with Crippen LogP contribution in [0.2, 0.25) is 0 Å². The highest BCUT2D eigenvalue weighted by molar-refractivity contribution is 6.00. The average Bonchev–Trinajstić information content (AvgIpc) is 2.90. The van der Waals surface area contributed by atoms with Crippen LogP contribution in [0.1, 0.15) is 10.4 Å². The van der Waals surface area contributed by atoms with Gasteiger partial charge in [0.2, 0.25) is 0 Å². The third-order valence-electron chi connectivity index (χ3n) is 3.28. The zero-order chi connectivity index (χ0) is 15.0. The van der Waals surface area contributed by atoms with E-state index in [1.54, 1.807) is 0 Å². The summed E-state index contributed by atoms with van der Waals surface area (Å²) >= 11 is 0. The Hall–Kier alpha value is -2.89. The van der Waals surface area contributed by atoms with Crippen molar-refractivity contribution in [2.24, 2.45) is 0 Å². The Bertz CT molecular complexity index is 806. The number of carboxylic acid groups (broad SMARTS) is 1. The number of hydrogen-bond donors (Lipinski definition) is 2. The molecule has 0 unspecified atom stereocenters. The van der Waals surface area contributed by atoms with Crippen molar-refractivity contribution in [1.29, 1.82) is 0 Å². The van der Waals surface area contributed by atoms with E-state index < -0.39 is 5.97 Å². The molecule has 1 aromatic carbocycles. The zero-order valence-electron chi connectivity index (χ0n) is 11.7. The predicted octanol–water partition coefficient (Wildman–Crippen LogP) is 2.39. The molecular formula is C15H14N4O2. The van der Waals surface area contributed by atoms with E-state index in [1.807, 2.05) is 43.3 Å². The monoisotopic (exact) mass is 282 g/mol. The summed E-state index contributed by atoms with van der Waals surface area (Å²) in [6.07, 6.45) is 1.45. The van der Waals surface area contributed by atoms with Crippen LogP contribution in [-0.4, -0.2) is 40.1 Å². The van der Waals surface area contributed by atoms with Crippen molar-refractivity contribution in [3.05, 3.63) is 42.1 Å². The lowest BCUT2D eigenvalue weighted by atomic mass is 10.2. The summed E-state index contributed by atoms with van der Waals surface area (Å²) in [5.41, 5.74) is 2.98. The van der Waals surface area contributed by atoms with E-state index in [0.29, 0.717) is 17.0 Å². The highest BCUT2D eigenvalue weighted by Gasteiger charge is 2.14. The smallest absolute Gasteiger partial charge is 0.338 e. The quantitative estimate of drug-likeness (QED) is 0.770. The van der Waals surface area contributed by atoms with Gasteiger partial charge in [-0.1, -0.05) is 0 Å². The minimum atomic E-state index is -0.999. The van der Waals surface area contributed by atoms with E-state index in [1.165, 1.54) is 12.3 Å². The molecule has 0 spiro atoms. The van der Waals surface area contributed by atoms with Gasteiger partial charge in [-0.05, 0) is 30.3 Å². The Labute approximate surface area is 121 Å². The first-order chi connectivity index (χ1) is 10.1. The molecule has 3 aromatic rings. The van der Waals surface area contributed by atoms with Gasteiger partial charge < -0.3 is 15.0 Å². The number of hydrogen-bond acceptors (Lipinski definition) is 4. The minimum Gasteiger partial charge on any atom is -0.478 e. The van der Waals surface area contributed by atoms with Crippen LogP contribution in [0, 0.1) is 0 Å². The highest BCUT2D eigenvalue weighted by atomic mass is 16.4. The molecule has 0 aliphatic heterocycles. The second-order valence-corrected chi connectivity index (χ2v) is 4.89. The largest absolute Gasteiger partial charge is 0.478 e. The lowest BCUT2D eigenvalue weighted by molar-refractivity contribution is 0.0698. The number of aromatic nitrogens is 3. The number of imidazole rings is 1. The minimum absolute atomic E-state index is 0.170. The van der Waals surface area contributed by atoms with Crippen LogP contribution in [0.4, 0.5) is 5.69 Å². The number of nitrogens with one attached hydrogen (secondary N) is 1. The molecule has 0 fully saturated rings. The van der Waals surface area contributed by atoms with Crippen molar-refractivity contribution in [3.63, 3.8) is 0 Å². The summed E-state index contributed by atoms with van der Waals surface area (Å²) in [5.74, 6) is -0.392. The SMILES string of the molecule is CN(C)c1ccc(-c2nc3nccc(C(=O)O)c3[nH]2)cc1. The number of fused-ring (bicyclic) bond motifs is 1. The highest BCUT2D eigenvalue weighted by Crippen LogP contribution is 2.23. The Morgan fingerprint density at radius 1 is 1.19 bits per heavy atom. The van der Waals surface area contributed by atoms with Crippen LogP contribution >= 0.6 is 0 Å². The number of aromatic amines is 1. The van der Waals surface area contributed by atoms with E-state index in [2.05, 4.69) is 15.0 Å². The van der Waals surface area contributed by atoms with Gasteiger partial charge in [0, 0.05) is 31.5 Å². The number of benzene rings is 1. The second kappa shape index (κ2) is 4.90. The van der Waals surface area contributed by atoms with Crippen LogP contribution in [0.3, 0.4) is 0 Å². The predicted molar refractivity (Wildman–Crippen MR) is 80.6 cm³/mol. The number of aromatic carboxylic acids is 1. The summed E-state index contributed by atoms with van der Waals surface area (Å²) in [5, 5.41) is 9.18. The van der Waals surface area contributed by atoms with Crippen molar-refractivity contribution in [2.75, 3.05) is 19.0 Å². The Balaban J connectivity index is 2.09. The van der Waals surface area contributed by atoms with Crippen LogP contribution in [-0.2, 0) is 0 Å². The summed E-state index contributed by atoms with van der Waals surface area (Å²) < 4.78 is 0. The summed E-state index contributed by atoms with van der Waals surface area (Å²) in [4.78, 5) is 24.7. The molecule has 0 amide bonds. The average molecular weight is 282 g/mol. The first-order valence-corrected chi connectivity index (χ1v) is 6.42. The van der Waals surface area contributed by atoms with E-state index in [0.717, 1.165) is 11.3 Å². The van der Waals surface area contributed by atoms with Crippen LogP contribution < -0.4 is 4.90 Å². The Kier molecular flexibility index (Phi) is 3.06. The molecule has 2 N–H and O–H groups in total. The molecule has 0 aliphatic carbocycles. The third kappa shape index (κ3) is 2.31.